The summed E-state index contributed by atoms with van der Waals surface area (Å²) < 4.78 is 5.32. The summed E-state index contributed by atoms with van der Waals surface area (Å²) in [5, 5.41) is 6.56. The molecule has 0 aromatic heterocycles. The molecule has 0 spiro atoms. The zero-order valence-corrected chi connectivity index (χ0v) is 13.8. The highest BCUT2D eigenvalue weighted by molar-refractivity contribution is 5.87. The molecular weight excluding hydrogens is 294 g/mol. The molecule has 0 saturated carbocycles. The second-order valence-electron chi connectivity index (χ2n) is 6.98. The number of fused-ring (bicyclic) bond motifs is 2. The minimum atomic E-state index is -0.704. The summed E-state index contributed by atoms with van der Waals surface area (Å²) in [6, 6.07) is 7.05. The quantitative estimate of drug-likeness (QED) is 0.863. The molecule has 1 N–H and O–H groups in total. The Bertz CT molecular complexity index is 624. The molecule has 2 heterocycles. The maximum Gasteiger partial charge on any atom is 0.408 e. The fraction of sp³-hybridized carbons (Fsp3) is 0.529. The first kappa shape index (κ1) is 15.8. The molecule has 1 aromatic carbocycles. The summed E-state index contributed by atoms with van der Waals surface area (Å²) in [6.45, 7) is 7.65. The molecule has 2 amide bonds. The summed E-state index contributed by atoms with van der Waals surface area (Å²) in [5.41, 5.74) is 1.31. The number of carbonyl (C=O) groups is 2. The SMILES string of the molecule is CC(C)(C)OC(=O)NC1C(=O)N2CCCN2Cc2ccccc21. The number of alkyl carbamates (subject to hydrolysis) is 1. The Labute approximate surface area is 136 Å². The molecule has 6 nitrogen and oxygen atoms in total. The van der Waals surface area contributed by atoms with Gasteiger partial charge < -0.3 is 10.1 Å². The third-order valence-electron chi connectivity index (χ3n) is 4.01. The van der Waals surface area contributed by atoms with Crippen LogP contribution in [0.1, 0.15) is 44.4 Å². The van der Waals surface area contributed by atoms with Crippen LogP contribution in [0.4, 0.5) is 4.79 Å². The van der Waals surface area contributed by atoms with Crippen molar-refractivity contribution in [1.29, 1.82) is 0 Å². The zero-order valence-electron chi connectivity index (χ0n) is 13.8. The van der Waals surface area contributed by atoms with Gasteiger partial charge in [-0.2, -0.15) is 0 Å². The minimum absolute atomic E-state index is 0.0988. The Balaban J connectivity index is 1.90. The molecule has 1 aromatic rings. The number of rotatable bonds is 1. The van der Waals surface area contributed by atoms with Crippen molar-refractivity contribution in [3.63, 3.8) is 0 Å². The van der Waals surface area contributed by atoms with Crippen molar-refractivity contribution < 1.29 is 14.3 Å². The maximum absolute atomic E-state index is 12.9. The van der Waals surface area contributed by atoms with Gasteiger partial charge in [0.25, 0.3) is 5.91 Å². The minimum Gasteiger partial charge on any atom is -0.444 e. The van der Waals surface area contributed by atoms with Gasteiger partial charge in [0.15, 0.2) is 0 Å². The van der Waals surface area contributed by atoms with Crippen LogP contribution in [0, 0.1) is 0 Å². The monoisotopic (exact) mass is 317 g/mol. The fourth-order valence-electron chi connectivity index (χ4n) is 3.08. The van der Waals surface area contributed by atoms with Crippen molar-refractivity contribution in [2.45, 2.75) is 45.4 Å². The number of nitrogens with one attached hydrogen (secondary N) is 1. The van der Waals surface area contributed by atoms with E-state index in [0.717, 1.165) is 24.1 Å². The van der Waals surface area contributed by atoms with E-state index in [1.165, 1.54) is 0 Å². The lowest BCUT2D eigenvalue weighted by molar-refractivity contribution is -0.146. The number of amides is 2. The molecule has 0 aliphatic carbocycles. The highest BCUT2D eigenvalue weighted by Crippen LogP contribution is 2.29. The first-order chi connectivity index (χ1) is 10.8. The lowest BCUT2D eigenvalue weighted by Crippen LogP contribution is -2.46. The van der Waals surface area contributed by atoms with E-state index < -0.39 is 17.7 Å². The molecule has 2 aliphatic heterocycles. The van der Waals surface area contributed by atoms with Crippen molar-refractivity contribution in [1.82, 2.24) is 15.3 Å². The highest BCUT2D eigenvalue weighted by Gasteiger charge is 2.38. The third kappa shape index (κ3) is 3.32. The van der Waals surface area contributed by atoms with Gasteiger partial charge in [-0.25, -0.2) is 9.80 Å². The van der Waals surface area contributed by atoms with E-state index in [-0.39, 0.29) is 5.91 Å². The van der Waals surface area contributed by atoms with E-state index in [0.29, 0.717) is 13.1 Å². The average molecular weight is 317 g/mol. The first-order valence-corrected chi connectivity index (χ1v) is 7.99. The van der Waals surface area contributed by atoms with Crippen LogP contribution in [0.15, 0.2) is 24.3 Å². The molecule has 6 heteroatoms. The van der Waals surface area contributed by atoms with Crippen molar-refractivity contribution in [3.05, 3.63) is 35.4 Å². The van der Waals surface area contributed by atoms with Gasteiger partial charge in [0.05, 0.1) is 0 Å². The number of benzene rings is 1. The molecule has 23 heavy (non-hydrogen) atoms. The molecule has 1 atom stereocenters. The van der Waals surface area contributed by atoms with Gasteiger partial charge in [-0.05, 0) is 38.3 Å². The van der Waals surface area contributed by atoms with Crippen LogP contribution in [0.3, 0.4) is 0 Å². The molecule has 3 rings (SSSR count). The lowest BCUT2D eigenvalue weighted by Gasteiger charge is -2.28. The molecule has 1 unspecified atom stereocenters. The van der Waals surface area contributed by atoms with E-state index in [9.17, 15) is 9.59 Å². The smallest absolute Gasteiger partial charge is 0.408 e. The van der Waals surface area contributed by atoms with Crippen molar-refractivity contribution >= 4 is 12.0 Å². The number of hydrogen-bond donors (Lipinski definition) is 1. The van der Waals surface area contributed by atoms with Gasteiger partial charge in [0, 0.05) is 19.6 Å². The molecule has 2 aliphatic rings. The van der Waals surface area contributed by atoms with Gasteiger partial charge in [-0.15, -0.1) is 0 Å². The Morgan fingerprint density at radius 2 is 2.00 bits per heavy atom. The molecule has 0 radical (unpaired) electrons. The van der Waals surface area contributed by atoms with Crippen LogP contribution in [0.2, 0.25) is 0 Å². The first-order valence-electron chi connectivity index (χ1n) is 7.99. The summed E-state index contributed by atoms with van der Waals surface area (Å²) in [6.07, 6.45) is 0.380. The van der Waals surface area contributed by atoms with Gasteiger partial charge in [0.1, 0.15) is 11.6 Å². The van der Waals surface area contributed by atoms with Crippen LogP contribution in [0.25, 0.3) is 0 Å². The maximum atomic E-state index is 12.9. The van der Waals surface area contributed by atoms with E-state index in [4.69, 9.17) is 4.74 Å². The second-order valence-corrected chi connectivity index (χ2v) is 6.98. The van der Waals surface area contributed by atoms with Gasteiger partial charge >= 0.3 is 6.09 Å². The average Bonchev–Trinajstić information content (AvgIpc) is 2.87. The number of hydrazine groups is 1. The fourth-order valence-corrected chi connectivity index (χ4v) is 3.08. The van der Waals surface area contributed by atoms with Gasteiger partial charge in [-0.3, -0.25) is 9.80 Å². The molecule has 1 saturated heterocycles. The van der Waals surface area contributed by atoms with E-state index in [1.807, 2.05) is 24.3 Å². The number of ether oxygens (including phenoxy) is 1. The number of carbonyl (C=O) groups excluding carboxylic acids is 2. The van der Waals surface area contributed by atoms with Crippen molar-refractivity contribution in [2.24, 2.45) is 0 Å². The molecule has 124 valence electrons. The predicted molar refractivity (Wildman–Crippen MR) is 85.3 cm³/mol. The van der Waals surface area contributed by atoms with Gasteiger partial charge in [0.2, 0.25) is 0 Å². The van der Waals surface area contributed by atoms with Crippen LogP contribution < -0.4 is 5.32 Å². The zero-order chi connectivity index (χ0) is 16.6. The number of hydrogen-bond acceptors (Lipinski definition) is 4. The Morgan fingerprint density at radius 3 is 2.74 bits per heavy atom. The van der Waals surface area contributed by atoms with Crippen LogP contribution in [0.5, 0.6) is 0 Å². The molecule has 0 bridgehead atoms. The summed E-state index contributed by atoms with van der Waals surface area (Å²) in [5.74, 6) is -0.0988. The lowest BCUT2D eigenvalue weighted by atomic mass is 10.00. The molecule has 1 fully saturated rings. The Kier molecular flexibility index (Phi) is 4.02. The van der Waals surface area contributed by atoms with Crippen LogP contribution in [-0.4, -0.2) is 40.7 Å². The van der Waals surface area contributed by atoms with E-state index in [1.54, 1.807) is 25.8 Å². The second kappa shape index (κ2) is 5.85. The van der Waals surface area contributed by atoms with E-state index in [2.05, 4.69) is 10.3 Å². The highest BCUT2D eigenvalue weighted by atomic mass is 16.6. The van der Waals surface area contributed by atoms with E-state index >= 15 is 0 Å². The normalized spacial score (nSPS) is 21.4. The number of nitrogens with zero attached hydrogens (tertiary/aromatic N) is 2. The van der Waals surface area contributed by atoms with Crippen molar-refractivity contribution in [2.75, 3.05) is 13.1 Å². The summed E-state index contributed by atoms with van der Waals surface area (Å²) in [7, 11) is 0. The summed E-state index contributed by atoms with van der Waals surface area (Å²) >= 11 is 0. The molecular formula is C17H23N3O3. The predicted octanol–water partition coefficient (Wildman–Crippen LogP) is 2.22. The standard InChI is InChI=1S/C17H23N3O3/c1-17(2,3)23-16(22)18-14-13-8-5-4-7-12(13)11-19-9-6-10-20(19)15(14)21/h4-5,7-8,14H,6,9-11H2,1-3H3,(H,18,22). The van der Waals surface area contributed by atoms with Crippen LogP contribution >= 0.6 is 0 Å². The third-order valence-corrected chi connectivity index (χ3v) is 4.01. The van der Waals surface area contributed by atoms with Crippen LogP contribution in [-0.2, 0) is 16.1 Å². The largest absolute Gasteiger partial charge is 0.444 e. The Hall–Kier alpha value is -2.08. The summed E-state index contributed by atoms with van der Waals surface area (Å²) in [4.78, 5) is 25.1. The Morgan fingerprint density at radius 1 is 1.26 bits per heavy atom. The topological polar surface area (TPSA) is 61.9 Å². The van der Waals surface area contributed by atoms with Gasteiger partial charge in [-0.1, -0.05) is 24.3 Å². The van der Waals surface area contributed by atoms with Crippen molar-refractivity contribution in [3.8, 4) is 0 Å².